The molecule has 4 heteroatoms. The number of aromatic nitrogens is 2. The summed E-state index contributed by atoms with van der Waals surface area (Å²) in [5.74, 6) is 0. The average Bonchev–Trinajstić information content (AvgIpc) is 2.61. The highest BCUT2D eigenvalue weighted by Crippen LogP contribution is 2.46. The van der Waals surface area contributed by atoms with Crippen molar-refractivity contribution in [3.05, 3.63) is 28.4 Å². The predicted molar refractivity (Wildman–Crippen MR) is 68.4 cm³/mol. The molecule has 3 nitrogen and oxygen atoms in total. The molecule has 84 valence electrons. The maximum Gasteiger partial charge on any atom is 0.109 e. The minimum Gasteiger partial charge on any atom is -0.330 e. The van der Waals surface area contributed by atoms with E-state index in [-0.39, 0.29) is 5.41 Å². The SMILES string of the molecule is NCC1(c2cccc3n[nH]c(Br)c23)CCC1. The number of nitrogens with zero attached hydrogens (tertiary/aromatic N) is 1. The van der Waals surface area contributed by atoms with Crippen LogP contribution in [-0.4, -0.2) is 16.7 Å². The van der Waals surface area contributed by atoms with E-state index >= 15 is 0 Å². The third-order valence-electron chi connectivity index (χ3n) is 3.81. The van der Waals surface area contributed by atoms with Crippen LogP contribution in [0.5, 0.6) is 0 Å². The molecule has 1 heterocycles. The van der Waals surface area contributed by atoms with E-state index in [0.717, 1.165) is 16.7 Å². The van der Waals surface area contributed by atoms with Crippen LogP contribution in [0.1, 0.15) is 24.8 Å². The van der Waals surface area contributed by atoms with Gasteiger partial charge in [0.25, 0.3) is 0 Å². The first kappa shape index (κ1) is 10.3. The summed E-state index contributed by atoms with van der Waals surface area (Å²) < 4.78 is 0.970. The van der Waals surface area contributed by atoms with Gasteiger partial charge >= 0.3 is 0 Å². The van der Waals surface area contributed by atoms with E-state index in [0.29, 0.717) is 0 Å². The molecule has 0 saturated heterocycles. The number of aromatic amines is 1. The molecule has 0 aliphatic heterocycles. The lowest BCUT2D eigenvalue weighted by Crippen LogP contribution is -2.41. The van der Waals surface area contributed by atoms with Crippen molar-refractivity contribution in [2.24, 2.45) is 5.73 Å². The minimum absolute atomic E-state index is 0.186. The lowest BCUT2D eigenvalue weighted by Gasteiger charge is -2.42. The Morgan fingerprint density at radius 1 is 1.44 bits per heavy atom. The van der Waals surface area contributed by atoms with Crippen LogP contribution in [0.15, 0.2) is 22.8 Å². The second kappa shape index (κ2) is 3.57. The van der Waals surface area contributed by atoms with Gasteiger partial charge < -0.3 is 5.73 Å². The Morgan fingerprint density at radius 3 is 2.88 bits per heavy atom. The standard InChI is InChI=1S/C12H14BrN3/c13-11-10-8(12(7-14)5-2-6-12)3-1-4-9(10)15-16-11/h1,3-4H,2,5-7,14H2,(H,15,16). The van der Waals surface area contributed by atoms with Crippen molar-refractivity contribution in [2.75, 3.05) is 6.54 Å². The molecule has 1 aliphatic rings. The largest absolute Gasteiger partial charge is 0.330 e. The Bertz CT molecular complexity index is 523. The molecule has 16 heavy (non-hydrogen) atoms. The highest BCUT2D eigenvalue weighted by molar-refractivity contribution is 9.10. The zero-order chi connectivity index (χ0) is 11.2. The van der Waals surface area contributed by atoms with Crippen LogP contribution in [0, 0.1) is 0 Å². The Balaban J connectivity index is 2.26. The first-order valence-electron chi connectivity index (χ1n) is 5.60. The summed E-state index contributed by atoms with van der Waals surface area (Å²) in [5.41, 5.74) is 8.52. The molecule has 1 saturated carbocycles. The molecule has 1 aromatic carbocycles. The molecule has 1 aromatic heterocycles. The molecule has 0 unspecified atom stereocenters. The monoisotopic (exact) mass is 279 g/mol. The first-order valence-corrected chi connectivity index (χ1v) is 6.39. The van der Waals surface area contributed by atoms with Crippen LogP contribution in [0.2, 0.25) is 0 Å². The molecule has 0 bridgehead atoms. The Hall–Kier alpha value is -0.870. The summed E-state index contributed by atoms with van der Waals surface area (Å²) in [6.07, 6.45) is 3.67. The lowest BCUT2D eigenvalue weighted by molar-refractivity contribution is 0.255. The molecule has 0 radical (unpaired) electrons. The van der Waals surface area contributed by atoms with Crippen molar-refractivity contribution < 1.29 is 0 Å². The van der Waals surface area contributed by atoms with Gasteiger partial charge in [-0.1, -0.05) is 18.6 Å². The number of nitrogens with two attached hydrogens (primary N) is 1. The number of halogens is 1. The molecular formula is C12H14BrN3. The van der Waals surface area contributed by atoms with Crippen molar-refractivity contribution in [1.29, 1.82) is 0 Å². The summed E-state index contributed by atoms with van der Waals surface area (Å²) in [6, 6.07) is 6.29. The number of benzene rings is 1. The summed E-state index contributed by atoms with van der Waals surface area (Å²) in [6.45, 7) is 0.726. The average molecular weight is 280 g/mol. The topological polar surface area (TPSA) is 54.7 Å². The lowest BCUT2D eigenvalue weighted by atomic mass is 9.64. The van der Waals surface area contributed by atoms with Crippen LogP contribution in [-0.2, 0) is 5.41 Å². The van der Waals surface area contributed by atoms with Gasteiger partial charge in [-0.05, 0) is 40.4 Å². The second-order valence-corrected chi connectivity index (χ2v) is 5.37. The van der Waals surface area contributed by atoms with Gasteiger partial charge in [0.1, 0.15) is 4.60 Å². The highest BCUT2D eigenvalue weighted by atomic mass is 79.9. The molecule has 1 aliphatic carbocycles. The normalized spacial score (nSPS) is 18.6. The van der Waals surface area contributed by atoms with Crippen molar-refractivity contribution in [1.82, 2.24) is 10.2 Å². The van der Waals surface area contributed by atoms with E-state index < -0.39 is 0 Å². The molecule has 0 spiro atoms. The summed E-state index contributed by atoms with van der Waals surface area (Å²) in [5, 5.41) is 8.46. The Kier molecular flexibility index (Phi) is 2.30. The third kappa shape index (κ3) is 1.26. The van der Waals surface area contributed by atoms with Gasteiger partial charge in [0.15, 0.2) is 0 Å². The van der Waals surface area contributed by atoms with E-state index in [1.165, 1.54) is 30.2 Å². The van der Waals surface area contributed by atoms with Gasteiger partial charge in [-0.25, -0.2) is 0 Å². The Labute approximate surface area is 103 Å². The molecule has 3 rings (SSSR count). The highest BCUT2D eigenvalue weighted by Gasteiger charge is 2.38. The van der Waals surface area contributed by atoms with Crippen molar-refractivity contribution in [3.8, 4) is 0 Å². The number of hydrogen-bond donors (Lipinski definition) is 2. The van der Waals surface area contributed by atoms with Gasteiger partial charge in [-0.2, -0.15) is 5.10 Å². The third-order valence-corrected chi connectivity index (χ3v) is 4.38. The van der Waals surface area contributed by atoms with Gasteiger partial charge in [0.2, 0.25) is 0 Å². The zero-order valence-electron chi connectivity index (χ0n) is 8.96. The van der Waals surface area contributed by atoms with E-state index in [1.807, 2.05) is 6.07 Å². The van der Waals surface area contributed by atoms with Gasteiger partial charge in [-0.3, -0.25) is 5.10 Å². The van der Waals surface area contributed by atoms with Crippen molar-refractivity contribution in [2.45, 2.75) is 24.7 Å². The molecule has 2 aromatic rings. The smallest absolute Gasteiger partial charge is 0.109 e. The van der Waals surface area contributed by atoms with Gasteiger partial charge in [0.05, 0.1) is 5.52 Å². The Morgan fingerprint density at radius 2 is 2.25 bits per heavy atom. The number of H-pyrrole nitrogens is 1. The number of rotatable bonds is 2. The molecule has 1 fully saturated rings. The van der Waals surface area contributed by atoms with Crippen LogP contribution in [0.4, 0.5) is 0 Å². The first-order chi connectivity index (χ1) is 7.77. The maximum atomic E-state index is 5.96. The second-order valence-electron chi connectivity index (χ2n) is 4.58. The predicted octanol–water partition coefficient (Wildman–Crippen LogP) is 2.71. The van der Waals surface area contributed by atoms with Crippen molar-refractivity contribution in [3.63, 3.8) is 0 Å². The van der Waals surface area contributed by atoms with Crippen LogP contribution in [0.25, 0.3) is 10.9 Å². The zero-order valence-corrected chi connectivity index (χ0v) is 10.5. The van der Waals surface area contributed by atoms with E-state index in [2.05, 4.69) is 38.3 Å². The van der Waals surface area contributed by atoms with Gasteiger partial charge in [-0.15, -0.1) is 0 Å². The van der Waals surface area contributed by atoms with E-state index in [1.54, 1.807) is 0 Å². The van der Waals surface area contributed by atoms with Crippen LogP contribution < -0.4 is 5.73 Å². The van der Waals surface area contributed by atoms with Crippen molar-refractivity contribution >= 4 is 26.8 Å². The van der Waals surface area contributed by atoms with E-state index in [4.69, 9.17) is 5.73 Å². The number of nitrogens with one attached hydrogen (secondary N) is 1. The number of hydrogen-bond acceptors (Lipinski definition) is 2. The minimum atomic E-state index is 0.186. The number of fused-ring (bicyclic) bond motifs is 1. The van der Waals surface area contributed by atoms with E-state index in [9.17, 15) is 0 Å². The molecular weight excluding hydrogens is 266 g/mol. The maximum absolute atomic E-state index is 5.96. The fourth-order valence-corrected chi connectivity index (χ4v) is 3.16. The summed E-state index contributed by atoms with van der Waals surface area (Å²) in [4.78, 5) is 0. The summed E-state index contributed by atoms with van der Waals surface area (Å²) >= 11 is 3.53. The fourth-order valence-electron chi connectivity index (χ4n) is 2.66. The van der Waals surface area contributed by atoms with Crippen LogP contribution >= 0.6 is 15.9 Å². The fraction of sp³-hybridized carbons (Fsp3) is 0.417. The molecule has 3 N–H and O–H groups in total. The molecule has 0 amide bonds. The molecule has 0 atom stereocenters. The van der Waals surface area contributed by atoms with Gasteiger partial charge in [0, 0.05) is 17.3 Å². The van der Waals surface area contributed by atoms with Crippen LogP contribution in [0.3, 0.4) is 0 Å². The quantitative estimate of drug-likeness (QED) is 0.888. The summed E-state index contributed by atoms with van der Waals surface area (Å²) in [7, 11) is 0.